The first kappa shape index (κ1) is 84.5. The molecule has 0 fully saturated rings. The number of carbonyl (C=O) groups excluding carboxylic acids is 1. The lowest BCUT2D eigenvalue weighted by molar-refractivity contribution is -0.870. The molecule has 1 amide bonds. The Bertz CT molecular complexity index is 1540. The number of aliphatic hydroxyl groups is 1. The van der Waals surface area contributed by atoms with Crippen LogP contribution in [-0.2, 0) is 18.4 Å². The topological polar surface area (TPSA) is 108 Å². The lowest BCUT2D eigenvalue weighted by atomic mass is 10.0. The molecule has 9 heteroatoms. The van der Waals surface area contributed by atoms with Crippen LogP contribution in [0.5, 0.6) is 0 Å². The molecule has 0 bridgehead atoms. The number of nitrogens with one attached hydrogen (secondary N) is 1. The lowest BCUT2D eigenvalue weighted by Gasteiger charge is -2.30. The molecule has 0 aliphatic rings. The van der Waals surface area contributed by atoms with Gasteiger partial charge in [-0.25, -0.2) is 0 Å². The zero-order chi connectivity index (χ0) is 62.6. The monoisotopic (exact) mass is 1230 g/mol. The highest BCUT2D eigenvalue weighted by Gasteiger charge is 2.24. The molecule has 0 aromatic rings. The average Bonchev–Trinajstić information content (AvgIpc) is 3.70. The second-order valence-corrected chi connectivity index (χ2v) is 28.7. The smallest absolute Gasteiger partial charge is 0.268 e. The summed E-state index contributed by atoms with van der Waals surface area (Å²) in [5.41, 5.74) is 0. The summed E-state index contributed by atoms with van der Waals surface area (Å²) in [5, 5.41) is 14.1. The molecule has 3 atom stereocenters. The number of phosphoric ester groups is 1. The maximum Gasteiger partial charge on any atom is 0.268 e. The van der Waals surface area contributed by atoms with E-state index in [1.54, 1.807) is 0 Å². The Kier molecular flexibility index (Phi) is 66.6. The van der Waals surface area contributed by atoms with Crippen LogP contribution < -0.4 is 10.2 Å². The second kappa shape index (κ2) is 67.8. The van der Waals surface area contributed by atoms with Crippen LogP contribution in [0.3, 0.4) is 0 Å². The van der Waals surface area contributed by atoms with Gasteiger partial charge in [-0.05, 0) is 51.4 Å². The summed E-state index contributed by atoms with van der Waals surface area (Å²) in [6.07, 6.45) is 92.2. The second-order valence-electron chi connectivity index (χ2n) is 27.3. The Hall–Kier alpha value is -1.54. The van der Waals surface area contributed by atoms with Crippen LogP contribution in [0.2, 0.25) is 0 Å². The third-order valence-electron chi connectivity index (χ3n) is 17.6. The molecule has 8 nitrogen and oxygen atoms in total. The number of allylic oxidation sites excluding steroid dienone is 8. The van der Waals surface area contributed by atoms with Crippen LogP contribution in [0, 0.1) is 0 Å². The maximum atomic E-state index is 13.1. The van der Waals surface area contributed by atoms with Gasteiger partial charge in [0.2, 0.25) is 5.91 Å². The Morgan fingerprint density at radius 3 is 1.03 bits per heavy atom. The minimum Gasteiger partial charge on any atom is -0.756 e. The summed E-state index contributed by atoms with van der Waals surface area (Å²) < 4.78 is 23.6. The van der Waals surface area contributed by atoms with E-state index in [0.29, 0.717) is 23.9 Å². The van der Waals surface area contributed by atoms with Crippen LogP contribution in [-0.4, -0.2) is 68.5 Å². The first-order valence-electron chi connectivity index (χ1n) is 38.0. The summed E-state index contributed by atoms with van der Waals surface area (Å²) in [6, 6.07) is -0.800. The predicted octanol–water partition coefficient (Wildman–Crippen LogP) is 23.9. The molecule has 0 aromatic carbocycles. The van der Waals surface area contributed by atoms with E-state index in [4.69, 9.17) is 9.05 Å². The van der Waals surface area contributed by atoms with Crippen molar-refractivity contribution in [3.05, 3.63) is 48.6 Å². The van der Waals surface area contributed by atoms with Crippen LogP contribution >= 0.6 is 7.82 Å². The minimum atomic E-state index is -4.58. The SMILES string of the molecule is CC/C=C\C/C=C\C/C=C\C/C=C\CCCCCCCCCCCCCCCCCCCCCCCCCCCCCCC(=O)NC(COP(=O)([O-])OCC[N+](C)(C)C)C(O)CCCCCCCCCCCCCCCCCCCCCCCCC. The number of quaternary nitrogens is 1. The van der Waals surface area contributed by atoms with Gasteiger partial charge in [-0.15, -0.1) is 0 Å². The van der Waals surface area contributed by atoms with E-state index in [1.807, 2.05) is 21.1 Å². The van der Waals surface area contributed by atoms with Crippen molar-refractivity contribution in [2.45, 2.75) is 398 Å². The van der Waals surface area contributed by atoms with Gasteiger partial charge in [-0.3, -0.25) is 9.36 Å². The number of likely N-dealkylation sites (N-methyl/N-ethyl adjacent to an activating group) is 1. The molecule has 0 aliphatic carbocycles. The number of hydrogen-bond donors (Lipinski definition) is 2. The molecule has 0 spiro atoms. The summed E-state index contributed by atoms with van der Waals surface area (Å²) in [5.74, 6) is -0.155. The van der Waals surface area contributed by atoms with E-state index in [-0.39, 0.29) is 19.1 Å². The van der Waals surface area contributed by atoms with Gasteiger partial charge in [0.25, 0.3) is 7.82 Å². The number of carbonyl (C=O) groups is 1. The summed E-state index contributed by atoms with van der Waals surface area (Å²) in [6.45, 7) is 4.67. The average molecular weight is 1230 g/mol. The molecule has 0 aromatic heterocycles. The zero-order valence-corrected chi connectivity index (χ0v) is 59.2. The number of hydrogen-bond acceptors (Lipinski definition) is 6. The number of nitrogens with zero attached hydrogens (tertiary/aromatic N) is 1. The first-order valence-corrected chi connectivity index (χ1v) is 39.4. The molecule has 0 aliphatic heterocycles. The van der Waals surface area contributed by atoms with Gasteiger partial charge < -0.3 is 28.8 Å². The van der Waals surface area contributed by atoms with Gasteiger partial charge in [0, 0.05) is 6.42 Å². The predicted molar refractivity (Wildman–Crippen MR) is 376 cm³/mol. The molecule has 508 valence electrons. The molecular weight excluding hydrogens is 1080 g/mol. The lowest BCUT2D eigenvalue weighted by Crippen LogP contribution is -2.46. The van der Waals surface area contributed by atoms with Crippen molar-refractivity contribution < 1.29 is 32.9 Å². The van der Waals surface area contributed by atoms with Crippen molar-refractivity contribution >= 4 is 13.7 Å². The van der Waals surface area contributed by atoms with E-state index in [1.165, 1.54) is 295 Å². The quantitative estimate of drug-likeness (QED) is 0.0272. The normalized spacial score (nSPS) is 13.8. The maximum absolute atomic E-state index is 13.1. The molecule has 0 saturated heterocycles. The molecule has 2 N–H and O–H groups in total. The molecule has 0 rings (SSSR count). The van der Waals surface area contributed by atoms with Crippen molar-refractivity contribution in [1.29, 1.82) is 0 Å². The number of aliphatic hydroxyl groups excluding tert-OH is 1. The van der Waals surface area contributed by atoms with Crippen molar-refractivity contribution in [2.75, 3.05) is 40.9 Å². The van der Waals surface area contributed by atoms with Crippen LogP contribution in [0.15, 0.2) is 48.6 Å². The van der Waals surface area contributed by atoms with E-state index >= 15 is 0 Å². The van der Waals surface area contributed by atoms with Crippen molar-refractivity contribution in [1.82, 2.24) is 5.32 Å². The zero-order valence-electron chi connectivity index (χ0n) is 58.3. The Morgan fingerprint density at radius 1 is 0.419 bits per heavy atom. The Labute approximate surface area is 537 Å². The van der Waals surface area contributed by atoms with Crippen molar-refractivity contribution in [3.8, 4) is 0 Å². The highest BCUT2D eigenvalue weighted by Crippen LogP contribution is 2.38. The summed E-state index contributed by atoms with van der Waals surface area (Å²) in [4.78, 5) is 25.7. The van der Waals surface area contributed by atoms with E-state index in [0.717, 1.165) is 64.2 Å². The summed E-state index contributed by atoms with van der Waals surface area (Å²) in [7, 11) is 1.33. The number of rotatable bonds is 71. The van der Waals surface area contributed by atoms with Crippen LogP contribution in [0.25, 0.3) is 0 Å². The van der Waals surface area contributed by atoms with Gasteiger partial charge in [0.1, 0.15) is 13.2 Å². The van der Waals surface area contributed by atoms with Crippen LogP contribution in [0.4, 0.5) is 0 Å². The highest BCUT2D eigenvalue weighted by atomic mass is 31.2. The molecular formula is C77H149N2O6P. The molecule has 0 heterocycles. The fourth-order valence-corrected chi connectivity index (χ4v) is 12.5. The Balaban J connectivity index is 3.87. The van der Waals surface area contributed by atoms with Crippen LogP contribution in [0.1, 0.15) is 386 Å². The van der Waals surface area contributed by atoms with E-state index in [9.17, 15) is 19.4 Å². The fraction of sp³-hybridized carbons (Fsp3) is 0.883. The van der Waals surface area contributed by atoms with E-state index in [2.05, 4.69) is 67.8 Å². The molecule has 0 radical (unpaired) electrons. The van der Waals surface area contributed by atoms with E-state index < -0.39 is 20.0 Å². The molecule has 0 saturated carbocycles. The van der Waals surface area contributed by atoms with Gasteiger partial charge in [0.15, 0.2) is 0 Å². The van der Waals surface area contributed by atoms with Crippen molar-refractivity contribution in [2.24, 2.45) is 0 Å². The number of amides is 1. The largest absolute Gasteiger partial charge is 0.756 e. The highest BCUT2D eigenvalue weighted by molar-refractivity contribution is 7.45. The standard InChI is InChI=1S/C77H149N2O6P/c1-6-8-10-12-14-16-18-20-22-24-26-28-30-31-32-33-34-35-36-37-38-39-40-41-42-43-44-45-46-47-49-51-53-55-57-59-61-63-65-67-69-71-77(81)78-75(74-85-86(82,83)84-73-72-79(3,4)5)76(80)70-68-66-64-62-60-58-56-54-52-50-48-29-27-25-23-21-19-17-15-13-11-9-7-2/h8,10,14,16,20,22,26,28,75-76,80H,6-7,9,11-13,15,17-19,21,23-25,27,29-74H2,1-5H3,(H-,78,81,82,83)/b10-8-,16-14-,22-20-,28-26-. The van der Waals surface area contributed by atoms with Gasteiger partial charge in [0.05, 0.1) is 39.9 Å². The summed E-state index contributed by atoms with van der Waals surface area (Å²) >= 11 is 0. The third-order valence-corrected chi connectivity index (χ3v) is 18.5. The number of unbranched alkanes of at least 4 members (excludes halogenated alkanes) is 50. The van der Waals surface area contributed by atoms with Gasteiger partial charge >= 0.3 is 0 Å². The van der Waals surface area contributed by atoms with Crippen molar-refractivity contribution in [3.63, 3.8) is 0 Å². The van der Waals surface area contributed by atoms with Gasteiger partial charge in [-0.2, -0.15) is 0 Å². The molecule has 3 unspecified atom stereocenters. The third kappa shape index (κ3) is 69.9. The van der Waals surface area contributed by atoms with Gasteiger partial charge in [-0.1, -0.05) is 377 Å². The number of phosphoric acid groups is 1. The first-order chi connectivity index (χ1) is 42.0. The fourth-order valence-electron chi connectivity index (χ4n) is 11.7. The molecule has 86 heavy (non-hydrogen) atoms. The minimum absolute atomic E-state index is 0.0149. The Morgan fingerprint density at radius 2 is 0.709 bits per heavy atom.